The normalized spacial score (nSPS) is 17.3. The number of likely N-dealkylation sites (tertiary alicyclic amines) is 2. The Morgan fingerprint density at radius 3 is 1.59 bits per heavy atom. The van der Waals surface area contributed by atoms with E-state index in [-0.39, 0.29) is 29.6 Å². The summed E-state index contributed by atoms with van der Waals surface area (Å²) >= 11 is 0. The van der Waals surface area contributed by atoms with E-state index in [2.05, 4.69) is 16.0 Å². The highest BCUT2D eigenvalue weighted by molar-refractivity contribution is 5.95. The lowest BCUT2D eigenvalue weighted by molar-refractivity contribution is -0.153. The molecule has 0 saturated carbocycles. The SMILES string of the molecule is CC(C)C[C@@H](NC(=O)[C@@H](Cc1ccccc1)NC(=O)[C@H](N)Cc1ccccc1)C(=O)N[C@H](CCCCN)C(=O)N1CC2(CCN(C(=O)[C@H](N)Cc3ccccc3)CC2)C1. The Morgan fingerprint density at radius 2 is 1.07 bits per heavy atom. The van der Waals surface area contributed by atoms with Gasteiger partial charge in [0, 0.05) is 38.0 Å². The molecule has 5 amide bonds. The van der Waals surface area contributed by atoms with Gasteiger partial charge in [0.15, 0.2) is 0 Å². The molecule has 5 rings (SSSR count). The van der Waals surface area contributed by atoms with Crippen LogP contribution in [0, 0.1) is 11.3 Å². The van der Waals surface area contributed by atoms with Gasteiger partial charge in [-0.2, -0.15) is 0 Å². The first kappa shape index (κ1) is 45.0. The summed E-state index contributed by atoms with van der Waals surface area (Å²) in [6.07, 6.45) is 4.56. The third kappa shape index (κ3) is 13.2. The van der Waals surface area contributed by atoms with Crippen molar-refractivity contribution in [2.75, 3.05) is 32.7 Å². The molecule has 5 atom stereocenters. The molecule has 0 bridgehead atoms. The zero-order valence-electron chi connectivity index (χ0n) is 34.7. The number of rotatable bonds is 20. The molecule has 1 spiro atoms. The van der Waals surface area contributed by atoms with E-state index in [1.807, 2.05) is 110 Å². The lowest BCUT2D eigenvalue weighted by Crippen LogP contribution is -2.66. The number of hydrogen-bond donors (Lipinski definition) is 6. The van der Waals surface area contributed by atoms with E-state index in [0.29, 0.717) is 71.2 Å². The van der Waals surface area contributed by atoms with Gasteiger partial charge in [0.05, 0.1) is 12.1 Å². The summed E-state index contributed by atoms with van der Waals surface area (Å²) in [7, 11) is 0. The average molecular weight is 809 g/mol. The van der Waals surface area contributed by atoms with Gasteiger partial charge in [-0.1, -0.05) is 105 Å². The maximum atomic E-state index is 14.1. The molecule has 2 saturated heterocycles. The molecule has 3 aromatic carbocycles. The van der Waals surface area contributed by atoms with Crippen molar-refractivity contribution in [3.63, 3.8) is 0 Å². The minimum absolute atomic E-state index is 0.0276. The second-order valence-electron chi connectivity index (χ2n) is 16.9. The molecule has 2 fully saturated rings. The van der Waals surface area contributed by atoms with Crippen LogP contribution in [0.5, 0.6) is 0 Å². The maximum absolute atomic E-state index is 14.1. The molecule has 2 heterocycles. The van der Waals surface area contributed by atoms with Crippen LogP contribution in [0.15, 0.2) is 91.0 Å². The van der Waals surface area contributed by atoms with Crippen LogP contribution in [-0.4, -0.2) is 102 Å². The zero-order chi connectivity index (χ0) is 42.4. The Bertz CT molecular complexity index is 1810. The Labute approximate surface area is 349 Å². The van der Waals surface area contributed by atoms with Crippen molar-refractivity contribution in [2.24, 2.45) is 28.5 Å². The standard InChI is InChI=1S/C46H64N8O5/c1-32(2)26-39(52-43(57)40(29-35-18-10-5-11-19-35)51-41(55)36(48)27-33-14-6-3-7-15-33)42(56)50-38(20-12-13-23-47)45(59)54-30-46(31-54)21-24-53(25-22-46)44(58)37(49)28-34-16-8-4-9-17-34/h3-11,14-19,32,36-40H,12-13,20-31,47-49H2,1-2H3,(H,50,56)(H,51,55)(H,52,57)/t36-,37-,38-,39-,40-/m1/s1. The molecule has 318 valence electrons. The second kappa shape index (κ2) is 21.8. The summed E-state index contributed by atoms with van der Waals surface area (Å²) in [5.41, 5.74) is 21.1. The van der Waals surface area contributed by atoms with Crippen molar-refractivity contribution in [1.29, 1.82) is 0 Å². The summed E-state index contributed by atoms with van der Waals surface area (Å²) in [6.45, 7) is 6.64. The van der Waals surface area contributed by atoms with E-state index >= 15 is 0 Å². The van der Waals surface area contributed by atoms with Crippen molar-refractivity contribution in [1.82, 2.24) is 25.8 Å². The predicted octanol–water partition coefficient (Wildman–Crippen LogP) is 2.45. The van der Waals surface area contributed by atoms with E-state index in [4.69, 9.17) is 17.2 Å². The van der Waals surface area contributed by atoms with Crippen LogP contribution in [0.25, 0.3) is 0 Å². The average Bonchev–Trinajstić information content (AvgIpc) is 3.22. The monoisotopic (exact) mass is 808 g/mol. The molecule has 2 aliphatic rings. The van der Waals surface area contributed by atoms with Crippen LogP contribution in [0.2, 0.25) is 0 Å². The van der Waals surface area contributed by atoms with Crippen LogP contribution in [0.4, 0.5) is 0 Å². The third-order valence-corrected chi connectivity index (χ3v) is 11.6. The van der Waals surface area contributed by atoms with Gasteiger partial charge in [0.1, 0.15) is 18.1 Å². The lowest BCUT2D eigenvalue weighted by Gasteiger charge is -2.54. The largest absolute Gasteiger partial charge is 0.343 e. The molecule has 0 unspecified atom stereocenters. The van der Waals surface area contributed by atoms with E-state index in [1.54, 1.807) is 4.90 Å². The van der Waals surface area contributed by atoms with Crippen molar-refractivity contribution >= 4 is 29.5 Å². The number of nitrogens with zero attached hydrogens (tertiary/aromatic N) is 2. The topological polar surface area (TPSA) is 206 Å². The summed E-state index contributed by atoms with van der Waals surface area (Å²) in [5, 5.41) is 8.77. The Hall–Kier alpha value is -5.11. The van der Waals surface area contributed by atoms with E-state index < -0.39 is 47.9 Å². The Kier molecular flexibility index (Phi) is 16.6. The fraction of sp³-hybridized carbons (Fsp3) is 0.500. The van der Waals surface area contributed by atoms with Crippen LogP contribution >= 0.6 is 0 Å². The summed E-state index contributed by atoms with van der Waals surface area (Å²) < 4.78 is 0. The third-order valence-electron chi connectivity index (χ3n) is 11.6. The number of amides is 5. The first-order chi connectivity index (χ1) is 28.4. The van der Waals surface area contributed by atoms with Gasteiger partial charge >= 0.3 is 0 Å². The molecular formula is C46H64N8O5. The van der Waals surface area contributed by atoms with Crippen molar-refractivity contribution in [3.05, 3.63) is 108 Å². The van der Waals surface area contributed by atoms with Gasteiger partial charge in [-0.25, -0.2) is 0 Å². The van der Waals surface area contributed by atoms with Gasteiger partial charge in [0.2, 0.25) is 29.5 Å². The van der Waals surface area contributed by atoms with Crippen LogP contribution in [-0.2, 0) is 43.2 Å². The summed E-state index contributed by atoms with van der Waals surface area (Å²) in [5.74, 6) is -1.65. The number of nitrogens with one attached hydrogen (secondary N) is 3. The Balaban J connectivity index is 1.20. The van der Waals surface area contributed by atoms with Gasteiger partial charge in [0.25, 0.3) is 0 Å². The molecule has 2 aliphatic heterocycles. The van der Waals surface area contributed by atoms with E-state index in [1.165, 1.54) is 0 Å². The van der Waals surface area contributed by atoms with Crippen LogP contribution in [0.1, 0.15) is 69.1 Å². The highest BCUT2D eigenvalue weighted by atomic mass is 16.2. The fourth-order valence-electron chi connectivity index (χ4n) is 8.14. The zero-order valence-corrected chi connectivity index (χ0v) is 34.7. The van der Waals surface area contributed by atoms with Gasteiger partial charge in [-0.15, -0.1) is 0 Å². The molecule has 13 heteroatoms. The number of nitrogens with two attached hydrogens (primary N) is 3. The molecule has 0 aliphatic carbocycles. The van der Waals surface area contributed by atoms with Crippen LogP contribution in [0.3, 0.4) is 0 Å². The van der Waals surface area contributed by atoms with Gasteiger partial charge < -0.3 is 43.0 Å². The fourth-order valence-corrected chi connectivity index (χ4v) is 8.14. The minimum atomic E-state index is -1.00. The van der Waals surface area contributed by atoms with Crippen molar-refractivity contribution in [2.45, 2.75) is 102 Å². The highest BCUT2D eigenvalue weighted by Gasteiger charge is 2.48. The number of carbonyl (C=O) groups excluding carboxylic acids is 5. The van der Waals surface area contributed by atoms with Gasteiger partial charge in [-0.05, 0) is 80.5 Å². The molecule has 59 heavy (non-hydrogen) atoms. The number of benzene rings is 3. The molecule has 0 radical (unpaired) electrons. The minimum Gasteiger partial charge on any atom is -0.343 e. The van der Waals surface area contributed by atoms with E-state index in [0.717, 1.165) is 29.5 Å². The number of hydrogen-bond acceptors (Lipinski definition) is 8. The molecule has 0 aromatic heterocycles. The quantitative estimate of drug-likeness (QED) is 0.0934. The van der Waals surface area contributed by atoms with E-state index in [9.17, 15) is 24.0 Å². The summed E-state index contributed by atoms with van der Waals surface area (Å²) in [4.78, 5) is 72.4. The molecular weight excluding hydrogens is 745 g/mol. The first-order valence-electron chi connectivity index (χ1n) is 21.2. The highest BCUT2D eigenvalue weighted by Crippen LogP contribution is 2.41. The summed E-state index contributed by atoms with van der Waals surface area (Å²) in [6, 6.07) is 24.3. The molecule has 9 N–H and O–H groups in total. The number of unbranched alkanes of at least 4 members (excludes halogenated alkanes) is 1. The second-order valence-corrected chi connectivity index (χ2v) is 16.9. The number of carbonyl (C=O) groups is 5. The predicted molar refractivity (Wildman–Crippen MR) is 229 cm³/mol. The smallest absolute Gasteiger partial charge is 0.245 e. The van der Waals surface area contributed by atoms with Crippen molar-refractivity contribution < 1.29 is 24.0 Å². The number of piperidine rings is 1. The maximum Gasteiger partial charge on any atom is 0.245 e. The first-order valence-corrected chi connectivity index (χ1v) is 21.2. The van der Waals surface area contributed by atoms with Gasteiger partial charge in [-0.3, -0.25) is 24.0 Å². The van der Waals surface area contributed by atoms with Crippen molar-refractivity contribution in [3.8, 4) is 0 Å². The lowest BCUT2D eigenvalue weighted by atomic mass is 9.71. The Morgan fingerprint density at radius 1 is 0.593 bits per heavy atom. The molecule has 3 aromatic rings. The van der Waals surface area contributed by atoms with Crippen LogP contribution < -0.4 is 33.2 Å². The molecule has 13 nitrogen and oxygen atoms in total.